The predicted octanol–water partition coefficient (Wildman–Crippen LogP) is 3.65. The molecule has 84 valence electrons. The van der Waals surface area contributed by atoms with Gasteiger partial charge in [-0.2, -0.15) is 0 Å². The van der Waals surface area contributed by atoms with Crippen LogP contribution in [0.1, 0.15) is 29.6 Å². The van der Waals surface area contributed by atoms with Crippen LogP contribution in [-0.2, 0) is 4.79 Å². The summed E-state index contributed by atoms with van der Waals surface area (Å²) in [4.78, 5) is 23.4. The van der Waals surface area contributed by atoms with Gasteiger partial charge in [-0.1, -0.05) is 23.7 Å². The van der Waals surface area contributed by atoms with Crippen molar-refractivity contribution in [2.45, 2.75) is 19.3 Å². The summed E-state index contributed by atoms with van der Waals surface area (Å²) >= 11 is 9.14. The molecule has 1 saturated carbocycles. The van der Waals surface area contributed by atoms with Crippen LogP contribution in [0.25, 0.3) is 0 Å². The van der Waals surface area contributed by atoms with Crippen LogP contribution in [0, 0.1) is 5.92 Å². The van der Waals surface area contributed by atoms with E-state index >= 15 is 0 Å². The zero-order valence-corrected chi connectivity index (χ0v) is 10.8. The summed E-state index contributed by atoms with van der Waals surface area (Å²) in [5.74, 6) is 0.0186. The third-order valence-corrected chi connectivity index (χ3v) is 4.02. The lowest BCUT2D eigenvalue weighted by atomic mass is 10.0. The van der Waals surface area contributed by atoms with Gasteiger partial charge in [0.1, 0.15) is 5.78 Å². The molecule has 2 nitrogen and oxygen atoms in total. The zero-order valence-electron chi connectivity index (χ0n) is 8.50. The molecule has 4 heteroatoms. The average Bonchev–Trinajstić information content (AvgIpc) is 3.05. The molecule has 16 heavy (non-hydrogen) atoms. The van der Waals surface area contributed by atoms with Crippen molar-refractivity contribution in [1.29, 1.82) is 0 Å². The average molecular weight is 302 g/mol. The molecule has 0 radical (unpaired) electrons. The largest absolute Gasteiger partial charge is 0.299 e. The Morgan fingerprint density at radius 3 is 2.69 bits per heavy atom. The highest BCUT2D eigenvalue weighted by atomic mass is 79.9. The summed E-state index contributed by atoms with van der Waals surface area (Å²) < 4.78 is 0.574. The summed E-state index contributed by atoms with van der Waals surface area (Å²) in [6.07, 6.45) is 1.86. The number of Topliss-reactive ketones (excluding diaryl/α,β-unsaturated/α-hetero) is 2. The SMILES string of the molecule is O=C(CC(=O)C1CC1)c1cccc(Cl)c1Br. The molecule has 0 spiro atoms. The summed E-state index contributed by atoms with van der Waals surface area (Å²) in [6, 6.07) is 5.09. The minimum absolute atomic E-state index is 0.0103. The van der Waals surface area contributed by atoms with Gasteiger partial charge in [-0.25, -0.2) is 0 Å². The van der Waals surface area contributed by atoms with Gasteiger partial charge in [0.15, 0.2) is 5.78 Å². The van der Waals surface area contributed by atoms with Crippen LogP contribution in [-0.4, -0.2) is 11.6 Å². The topological polar surface area (TPSA) is 34.1 Å². The highest BCUT2D eigenvalue weighted by Gasteiger charge is 2.31. The minimum Gasteiger partial charge on any atom is -0.299 e. The third-order valence-electron chi connectivity index (χ3n) is 2.62. The van der Waals surface area contributed by atoms with Crippen molar-refractivity contribution < 1.29 is 9.59 Å². The number of hydrogen-bond donors (Lipinski definition) is 0. The molecular weight excluding hydrogens is 291 g/mol. The lowest BCUT2D eigenvalue weighted by molar-refractivity contribution is -0.119. The van der Waals surface area contributed by atoms with Crippen molar-refractivity contribution in [3.05, 3.63) is 33.3 Å². The first-order chi connectivity index (χ1) is 7.59. The summed E-state index contributed by atoms with van der Waals surface area (Å²) in [5.41, 5.74) is 0.488. The highest BCUT2D eigenvalue weighted by molar-refractivity contribution is 9.10. The Morgan fingerprint density at radius 1 is 1.38 bits per heavy atom. The maximum absolute atomic E-state index is 11.9. The molecule has 1 aliphatic carbocycles. The van der Waals surface area contributed by atoms with Crippen molar-refractivity contribution >= 4 is 39.1 Å². The number of carbonyl (C=O) groups is 2. The molecule has 1 aromatic rings. The predicted molar refractivity (Wildman–Crippen MR) is 65.8 cm³/mol. The van der Waals surface area contributed by atoms with E-state index in [0.717, 1.165) is 12.8 Å². The van der Waals surface area contributed by atoms with E-state index in [9.17, 15) is 9.59 Å². The van der Waals surface area contributed by atoms with E-state index < -0.39 is 0 Å². The van der Waals surface area contributed by atoms with E-state index in [2.05, 4.69) is 15.9 Å². The monoisotopic (exact) mass is 300 g/mol. The fourth-order valence-electron chi connectivity index (χ4n) is 1.52. The first-order valence-electron chi connectivity index (χ1n) is 5.09. The van der Waals surface area contributed by atoms with E-state index in [4.69, 9.17) is 11.6 Å². The van der Waals surface area contributed by atoms with E-state index in [-0.39, 0.29) is 23.9 Å². The van der Waals surface area contributed by atoms with Crippen molar-refractivity contribution in [3.8, 4) is 0 Å². The minimum atomic E-state index is -0.161. The van der Waals surface area contributed by atoms with Gasteiger partial charge in [0.25, 0.3) is 0 Å². The highest BCUT2D eigenvalue weighted by Crippen LogP contribution is 2.32. The number of benzene rings is 1. The molecule has 1 aromatic carbocycles. The molecule has 0 aliphatic heterocycles. The fourth-order valence-corrected chi connectivity index (χ4v) is 2.18. The molecule has 0 atom stereocenters. The smallest absolute Gasteiger partial charge is 0.171 e. The molecule has 1 fully saturated rings. The molecule has 2 rings (SSSR count). The second kappa shape index (κ2) is 4.68. The second-order valence-electron chi connectivity index (χ2n) is 3.94. The van der Waals surface area contributed by atoms with Crippen LogP contribution < -0.4 is 0 Å². The molecule has 0 N–H and O–H groups in total. The quantitative estimate of drug-likeness (QED) is 0.628. The molecule has 0 heterocycles. The van der Waals surface area contributed by atoms with Gasteiger partial charge in [0, 0.05) is 16.0 Å². The normalized spacial score (nSPS) is 14.9. The Balaban J connectivity index is 2.14. The first kappa shape index (κ1) is 11.8. The van der Waals surface area contributed by atoms with Gasteiger partial charge in [-0.3, -0.25) is 9.59 Å². The molecule has 0 aromatic heterocycles. The lowest BCUT2D eigenvalue weighted by Gasteiger charge is -2.04. The van der Waals surface area contributed by atoms with Crippen LogP contribution in [0.5, 0.6) is 0 Å². The van der Waals surface area contributed by atoms with Gasteiger partial charge in [0.05, 0.1) is 11.4 Å². The number of ketones is 2. The molecule has 0 saturated heterocycles. The molecule has 0 bridgehead atoms. The Hall–Kier alpha value is -0.670. The summed E-state index contributed by atoms with van der Waals surface area (Å²) in [5, 5.41) is 0.490. The number of hydrogen-bond acceptors (Lipinski definition) is 2. The van der Waals surface area contributed by atoms with Gasteiger partial charge in [-0.05, 0) is 34.8 Å². The van der Waals surface area contributed by atoms with Gasteiger partial charge >= 0.3 is 0 Å². The maximum atomic E-state index is 11.9. The first-order valence-corrected chi connectivity index (χ1v) is 6.26. The van der Waals surface area contributed by atoms with E-state index in [1.165, 1.54) is 0 Å². The van der Waals surface area contributed by atoms with Crippen molar-refractivity contribution in [1.82, 2.24) is 0 Å². The molecule has 0 amide bonds. The van der Waals surface area contributed by atoms with Gasteiger partial charge < -0.3 is 0 Å². The standard InChI is InChI=1S/C12H10BrClO2/c13-12-8(2-1-3-9(12)14)11(16)6-10(15)7-4-5-7/h1-3,7H,4-6H2. The Morgan fingerprint density at radius 2 is 2.06 bits per heavy atom. The van der Waals surface area contributed by atoms with Crippen LogP contribution in [0.3, 0.4) is 0 Å². The van der Waals surface area contributed by atoms with Gasteiger partial charge in [-0.15, -0.1) is 0 Å². The van der Waals surface area contributed by atoms with Crippen molar-refractivity contribution in [2.75, 3.05) is 0 Å². The Labute approximate surface area is 107 Å². The number of halogens is 2. The lowest BCUT2D eigenvalue weighted by Crippen LogP contribution is -2.10. The number of rotatable bonds is 4. The van der Waals surface area contributed by atoms with Crippen LogP contribution in [0.2, 0.25) is 5.02 Å². The van der Waals surface area contributed by atoms with Crippen LogP contribution in [0.4, 0.5) is 0 Å². The number of carbonyl (C=O) groups excluding carboxylic acids is 2. The zero-order chi connectivity index (χ0) is 11.7. The van der Waals surface area contributed by atoms with E-state index in [0.29, 0.717) is 15.1 Å². The Kier molecular flexibility index (Phi) is 3.45. The van der Waals surface area contributed by atoms with Crippen LogP contribution >= 0.6 is 27.5 Å². The molecular formula is C12H10BrClO2. The van der Waals surface area contributed by atoms with E-state index in [1.807, 2.05) is 0 Å². The fraction of sp³-hybridized carbons (Fsp3) is 0.333. The van der Waals surface area contributed by atoms with Crippen LogP contribution in [0.15, 0.2) is 22.7 Å². The van der Waals surface area contributed by atoms with Crippen molar-refractivity contribution in [2.24, 2.45) is 5.92 Å². The summed E-state index contributed by atoms with van der Waals surface area (Å²) in [7, 11) is 0. The van der Waals surface area contributed by atoms with Gasteiger partial charge in [0.2, 0.25) is 0 Å². The summed E-state index contributed by atoms with van der Waals surface area (Å²) in [6.45, 7) is 0. The molecule has 0 unspecified atom stereocenters. The van der Waals surface area contributed by atoms with Crippen molar-refractivity contribution in [3.63, 3.8) is 0 Å². The molecule has 1 aliphatic rings. The second-order valence-corrected chi connectivity index (χ2v) is 5.14. The maximum Gasteiger partial charge on any atom is 0.171 e. The Bertz CT molecular complexity index is 452. The van der Waals surface area contributed by atoms with E-state index in [1.54, 1.807) is 18.2 Å². The third kappa shape index (κ3) is 2.53.